The van der Waals surface area contributed by atoms with Crippen molar-refractivity contribution in [1.29, 1.82) is 0 Å². The molecule has 0 atom stereocenters. The van der Waals surface area contributed by atoms with Gasteiger partial charge in [-0.2, -0.15) is 0 Å². The minimum atomic E-state index is -3.88. The Morgan fingerprint density at radius 2 is 1.88 bits per heavy atom. The molecule has 0 saturated carbocycles. The summed E-state index contributed by atoms with van der Waals surface area (Å²) < 4.78 is 24.3. The lowest BCUT2D eigenvalue weighted by Gasteiger charge is -2.06. The highest BCUT2D eigenvalue weighted by molar-refractivity contribution is 7.89. The molecule has 0 spiro atoms. The molecule has 0 amide bonds. The number of rotatable bonds is 3. The van der Waals surface area contributed by atoms with Crippen molar-refractivity contribution in [3.05, 3.63) is 69.6 Å². The molecule has 2 heterocycles. The van der Waals surface area contributed by atoms with Crippen LogP contribution in [0.1, 0.15) is 11.3 Å². The number of aromatic nitrogens is 3. The van der Waals surface area contributed by atoms with Gasteiger partial charge in [0.25, 0.3) is 5.56 Å². The van der Waals surface area contributed by atoms with Crippen molar-refractivity contribution >= 4 is 15.7 Å². The van der Waals surface area contributed by atoms with Gasteiger partial charge in [-0.15, -0.1) is 0 Å². The number of nitrogens with zero attached hydrogens (tertiary/aromatic N) is 3. The standard InChI is InChI=1S/C17H15N5O3S/c1-10-8-15(20-9-14(10)26(18,24)25)22-17(23)16(11(2)21-22)12-4-6-13(19-3)7-5-12/h4-9,21H,1-2H3,(H2,18,24,25). The first-order valence-corrected chi connectivity index (χ1v) is 9.06. The predicted octanol–water partition coefficient (Wildman–Crippen LogP) is 2.04. The quantitative estimate of drug-likeness (QED) is 0.687. The summed E-state index contributed by atoms with van der Waals surface area (Å²) in [4.78, 5) is 20.1. The van der Waals surface area contributed by atoms with Crippen molar-refractivity contribution in [2.24, 2.45) is 5.14 Å². The molecule has 132 valence electrons. The van der Waals surface area contributed by atoms with Crippen molar-refractivity contribution in [1.82, 2.24) is 14.8 Å². The van der Waals surface area contributed by atoms with E-state index in [1.807, 2.05) is 0 Å². The van der Waals surface area contributed by atoms with Crippen molar-refractivity contribution < 1.29 is 8.42 Å². The Morgan fingerprint density at radius 3 is 2.42 bits per heavy atom. The summed E-state index contributed by atoms with van der Waals surface area (Å²) >= 11 is 0. The highest BCUT2D eigenvalue weighted by Gasteiger charge is 2.17. The number of primary sulfonamides is 1. The van der Waals surface area contributed by atoms with E-state index in [0.717, 1.165) is 6.20 Å². The average molecular weight is 369 g/mol. The molecule has 0 unspecified atom stereocenters. The molecular formula is C17H15N5O3S. The van der Waals surface area contributed by atoms with Crippen molar-refractivity contribution in [3.63, 3.8) is 0 Å². The van der Waals surface area contributed by atoms with Crippen LogP contribution in [0.25, 0.3) is 21.8 Å². The molecule has 3 rings (SSSR count). The Morgan fingerprint density at radius 1 is 1.23 bits per heavy atom. The number of H-pyrrole nitrogens is 1. The van der Waals surface area contributed by atoms with Crippen molar-refractivity contribution in [2.45, 2.75) is 18.7 Å². The fourth-order valence-corrected chi connectivity index (χ4v) is 3.41. The summed E-state index contributed by atoms with van der Waals surface area (Å²) in [5, 5.41) is 8.08. The third-order valence-electron chi connectivity index (χ3n) is 3.94. The van der Waals surface area contributed by atoms with Crippen molar-refractivity contribution in [3.8, 4) is 16.9 Å². The van der Waals surface area contributed by atoms with Crippen LogP contribution >= 0.6 is 0 Å². The number of pyridine rings is 1. The molecule has 26 heavy (non-hydrogen) atoms. The Kier molecular flexibility index (Phi) is 4.23. The zero-order valence-electron chi connectivity index (χ0n) is 14.0. The largest absolute Gasteiger partial charge is 0.293 e. The number of benzene rings is 1. The lowest BCUT2D eigenvalue weighted by molar-refractivity contribution is 0.596. The van der Waals surface area contributed by atoms with Crippen LogP contribution in [0.15, 0.2) is 46.2 Å². The summed E-state index contributed by atoms with van der Waals surface area (Å²) in [6.45, 7) is 10.3. The third-order valence-corrected chi connectivity index (χ3v) is 4.98. The fourth-order valence-electron chi connectivity index (χ4n) is 2.70. The fraction of sp³-hybridized carbons (Fsp3) is 0.118. The smallest absolute Gasteiger partial charge is 0.280 e. The van der Waals surface area contributed by atoms with E-state index < -0.39 is 10.0 Å². The van der Waals surface area contributed by atoms with E-state index in [1.165, 1.54) is 10.7 Å². The topological polar surface area (TPSA) is 115 Å². The zero-order chi connectivity index (χ0) is 19.1. The maximum atomic E-state index is 12.8. The summed E-state index contributed by atoms with van der Waals surface area (Å²) in [5.74, 6) is 0.257. The van der Waals surface area contributed by atoms with Crippen LogP contribution in [0.4, 0.5) is 5.69 Å². The van der Waals surface area contributed by atoms with E-state index in [2.05, 4.69) is 14.9 Å². The van der Waals surface area contributed by atoms with Gasteiger partial charge < -0.3 is 0 Å². The lowest BCUT2D eigenvalue weighted by Crippen LogP contribution is -2.19. The van der Waals surface area contributed by atoms with E-state index in [9.17, 15) is 13.2 Å². The highest BCUT2D eigenvalue weighted by atomic mass is 32.2. The summed E-state index contributed by atoms with van der Waals surface area (Å²) in [6, 6.07) is 8.17. The molecule has 0 aliphatic heterocycles. The van der Waals surface area contributed by atoms with Crippen LogP contribution in [-0.2, 0) is 10.0 Å². The van der Waals surface area contributed by atoms with Gasteiger partial charge in [-0.1, -0.05) is 24.3 Å². The van der Waals surface area contributed by atoms with E-state index >= 15 is 0 Å². The lowest BCUT2D eigenvalue weighted by atomic mass is 10.1. The van der Waals surface area contributed by atoms with Crippen LogP contribution in [0, 0.1) is 20.4 Å². The number of nitrogens with two attached hydrogens (primary N) is 1. The number of aryl methyl sites for hydroxylation is 2. The molecule has 0 fully saturated rings. The third kappa shape index (κ3) is 3.03. The summed E-state index contributed by atoms with van der Waals surface area (Å²) in [7, 11) is -3.88. The normalized spacial score (nSPS) is 11.3. The Labute approximate surface area is 149 Å². The maximum Gasteiger partial charge on any atom is 0.280 e. The second-order valence-electron chi connectivity index (χ2n) is 5.76. The molecule has 0 saturated heterocycles. The van der Waals surface area contributed by atoms with Crippen LogP contribution < -0.4 is 10.7 Å². The monoisotopic (exact) mass is 369 g/mol. The van der Waals surface area contributed by atoms with Crippen molar-refractivity contribution in [2.75, 3.05) is 0 Å². The van der Waals surface area contributed by atoms with Gasteiger partial charge in [0.1, 0.15) is 4.90 Å². The van der Waals surface area contributed by atoms with Gasteiger partial charge >= 0.3 is 0 Å². The van der Waals surface area contributed by atoms with Crippen LogP contribution in [0.3, 0.4) is 0 Å². The van der Waals surface area contributed by atoms with E-state index in [1.54, 1.807) is 38.1 Å². The molecule has 3 aromatic rings. The van der Waals surface area contributed by atoms with Crippen LogP contribution in [0.2, 0.25) is 0 Å². The number of sulfonamides is 1. The molecule has 0 bridgehead atoms. The minimum absolute atomic E-state index is 0.0902. The predicted molar refractivity (Wildman–Crippen MR) is 96.7 cm³/mol. The highest BCUT2D eigenvalue weighted by Crippen LogP contribution is 2.23. The number of nitrogens with one attached hydrogen (secondary N) is 1. The summed E-state index contributed by atoms with van der Waals surface area (Å²) in [5.41, 5.74) is 2.30. The molecule has 8 nitrogen and oxygen atoms in total. The Bertz CT molecular complexity index is 1200. The second kappa shape index (κ2) is 6.25. The molecule has 1 aromatic carbocycles. The SMILES string of the molecule is [C-]#[N+]c1ccc(-c2c(C)[nH]n(-c3cc(C)c(S(N)(=O)=O)cn3)c2=O)cc1. The molecular weight excluding hydrogens is 354 g/mol. The first kappa shape index (κ1) is 17.6. The molecule has 3 N–H and O–H groups in total. The number of hydrogen-bond donors (Lipinski definition) is 2. The van der Waals surface area contributed by atoms with Gasteiger partial charge in [0, 0.05) is 11.9 Å². The maximum absolute atomic E-state index is 12.8. The Balaban J connectivity index is 2.13. The van der Waals surface area contributed by atoms with Crippen LogP contribution in [-0.4, -0.2) is 23.2 Å². The number of hydrogen-bond acceptors (Lipinski definition) is 4. The van der Waals surface area contributed by atoms with Gasteiger partial charge in [-0.05, 0) is 31.0 Å². The van der Waals surface area contributed by atoms with Gasteiger partial charge in [-0.3, -0.25) is 9.89 Å². The first-order valence-electron chi connectivity index (χ1n) is 7.51. The molecule has 2 aromatic heterocycles. The van der Waals surface area contributed by atoms with Crippen LogP contribution in [0.5, 0.6) is 0 Å². The minimum Gasteiger partial charge on any atom is -0.293 e. The molecule has 0 aliphatic carbocycles. The molecule has 9 heteroatoms. The molecule has 0 aliphatic rings. The summed E-state index contributed by atoms with van der Waals surface area (Å²) in [6.07, 6.45) is 1.13. The second-order valence-corrected chi connectivity index (χ2v) is 7.29. The van der Waals surface area contributed by atoms with E-state index in [4.69, 9.17) is 11.7 Å². The van der Waals surface area contributed by atoms with E-state index in [-0.39, 0.29) is 16.3 Å². The van der Waals surface area contributed by atoms with Gasteiger partial charge in [0.2, 0.25) is 10.0 Å². The van der Waals surface area contributed by atoms with Gasteiger partial charge in [-0.25, -0.2) is 28.1 Å². The molecule has 0 radical (unpaired) electrons. The number of aromatic amines is 1. The Hall–Kier alpha value is -3.22. The van der Waals surface area contributed by atoms with E-state index in [0.29, 0.717) is 28.1 Å². The average Bonchev–Trinajstić information content (AvgIpc) is 2.88. The zero-order valence-corrected chi connectivity index (χ0v) is 14.8. The van der Waals surface area contributed by atoms with Gasteiger partial charge in [0.05, 0.1) is 12.1 Å². The first-order chi connectivity index (χ1) is 12.2. The van der Waals surface area contributed by atoms with Gasteiger partial charge in [0.15, 0.2) is 11.5 Å².